The van der Waals surface area contributed by atoms with Gasteiger partial charge in [-0.2, -0.15) is 0 Å². The minimum atomic E-state index is -0.284. The van der Waals surface area contributed by atoms with E-state index >= 15 is 0 Å². The van der Waals surface area contributed by atoms with E-state index in [0.29, 0.717) is 27.6 Å². The van der Waals surface area contributed by atoms with Crippen LogP contribution < -0.4 is 11.1 Å². The Hall–Kier alpha value is -1.74. The van der Waals surface area contributed by atoms with Gasteiger partial charge in [0.25, 0.3) is 0 Å². The zero-order valence-corrected chi connectivity index (χ0v) is 11.0. The van der Waals surface area contributed by atoms with Crippen molar-refractivity contribution < 1.29 is 4.39 Å². The first-order valence-corrected chi connectivity index (χ1v) is 5.94. The van der Waals surface area contributed by atoms with Crippen LogP contribution >= 0.6 is 11.6 Å². The lowest BCUT2D eigenvalue weighted by molar-refractivity contribution is 0.622. The van der Waals surface area contributed by atoms with Crippen molar-refractivity contribution in [3.05, 3.63) is 52.3 Å². The van der Waals surface area contributed by atoms with Gasteiger partial charge in [0, 0.05) is 0 Å². The minimum absolute atomic E-state index is 0.284. The van der Waals surface area contributed by atoms with Gasteiger partial charge >= 0.3 is 0 Å². The topological polar surface area (TPSA) is 38.0 Å². The van der Waals surface area contributed by atoms with E-state index < -0.39 is 0 Å². The number of rotatable bonds is 2. The summed E-state index contributed by atoms with van der Waals surface area (Å²) in [7, 11) is 0. The first-order valence-electron chi connectivity index (χ1n) is 5.57. The standard InChI is InChI=1S/C14H14ClFN2/c1-8-6-10(17)13(15)12(7-8)18-11-5-3-4-9(2)14(11)16/h3-7,18H,17H2,1-2H3. The van der Waals surface area contributed by atoms with Crippen molar-refractivity contribution in [2.75, 3.05) is 11.1 Å². The van der Waals surface area contributed by atoms with Crippen molar-refractivity contribution in [2.24, 2.45) is 0 Å². The molecule has 0 aliphatic carbocycles. The van der Waals surface area contributed by atoms with Crippen LogP contribution in [0.3, 0.4) is 0 Å². The Bertz CT molecular complexity index is 597. The molecule has 0 saturated heterocycles. The molecule has 0 spiro atoms. The van der Waals surface area contributed by atoms with E-state index in [1.54, 1.807) is 31.2 Å². The molecule has 0 fully saturated rings. The van der Waals surface area contributed by atoms with Gasteiger partial charge in [0.15, 0.2) is 0 Å². The molecule has 0 amide bonds. The number of hydrogen-bond donors (Lipinski definition) is 2. The molecule has 18 heavy (non-hydrogen) atoms. The highest BCUT2D eigenvalue weighted by Crippen LogP contribution is 2.32. The van der Waals surface area contributed by atoms with Crippen LogP contribution in [0.1, 0.15) is 11.1 Å². The lowest BCUT2D eigenvalue weighted by atomic mass is 10.1. The van der Waals surface area contributed by atoms with E-state index in [9.17, 15) is 4.39 Å². The van der Waals surface area contributed by atoms with E-state index in [0.717, 1.165) is 5.56 Å². The fourth-order valence-corrected chi connectivity index (χ4v) is 1.93. The van der Waals surface area contributed by atoms with Crippen LogP contribution in [0, 0.1) is 19.7 Å². The predicted molar refractivity (Wildman–Crippen MR) is 75.0 cm³/mol. The Balaban J connectivity index is 2.43. The molecule has 0 aliphatic heterocycles. The van der Waals surface area contributed by atoms with Crippen molar-refractivity contribution in [3.8, 4) is 0 Å². The van der Waals surface area contributed by atoms with Gasteiger partial charge in [-0.15, -0.1) is 0 Å². The van der Waals surface area contributed by atoms with Crippen molar-refractivity contribution in [1.82, 2.24) is 0 Å². The molecule has 2 aromatic carbocycles. The van der Waals surface area contributed by atoms with Gasteiger partial charge in [0.05, 0.1) is 22.1 Å². The van der Waals surface area contributed by atoms with Crippen molar-refractivity contribution in [1.29, 1.82) is 0 Å². The summed E-state index contributed by atoms with van der Waals surface area (Å²) < 4.78 is 13.9. The summed E-state index contributed by atoms with van der Waals surface area (Å²) in [5.41, 5.74) is 8.80. The van der Waals surface area contributed by atoms with Crippen LogP contribution in [0.25, 0.3) is 0 Å². The van der Waals surface area contributed by atoms with Crippen molar-refractivity contribution >= 4 is 28.7 Å². The number of hydrogen-bond acceptors (Lipinski definition) is 2. The number of halogens is 2. The second kappa shape index (κ2) is 4.86. The number of nitrogens with two attached hydrogens (primary N) is 1. The molecule has 2 nitrogen and oxygen atoms in total. The van der Waals surface area contributed by atoms with E-state index in [1.165, 1.54) is 0 Å². The van der Waals surface area contributed by atoms with Gasteiger partial charge in [0.1, 0.15) is 5.82 Å². The van der Waals surface area contributed by atoms with Crippen LogP contribution in [0.2, 0.25) is 5.02 Å². The van der Waals surface area contributed by atoms with Crippen LogP contribution in [0.4, 0.5) is 21.5 Å². The zero-order valence-electron chi connectivity index (χ0n) is 10.2. The Morgan fingerprint density at radius 2 is 1.89 bits per heavy atom. The largest absolute Gasteiger partial charge is 0.397 e. The summed E-state index contributed by atoms with van der Waals surface area (Å²) in [6, 6.07) is 8.78. The summed E-state index contributed by atoms with van der Waals surface area (Å²) >= 11 is 6.10. The predicted octanol–water partition coefficient (Wildman–Crippen LogP) is 4.42. The summed E-state index contributed by atoms with van der Waals surface area (Å²) in [6.45, 7) is 3.62. The second-order valence-corrected chi connectivity index (χ2v) is 4.66. The maximum Gasteiger partial charge on any atom is 0.149 e. The molecule has 0 aromatic heterocycles. The van der Waals surface area contributed by atoms with Gasteiger partial charge in [-0.25, -0.2) is 4.39 Å². The molecule has 0 atom stereocenters. The van der Waals surface area contributed by atoms with Gasteiger partial charge in [-0.1, -0.05) is 23.7 Å². The number of nitrogens with one attached hydrogen (secondary N) is 1. The van der Waals surface area contributed by atoms with Crippen LogP contribution in [-0.4, -0.2) is 0 Å². The van der Waals surface area contributed by atoms with Gasteiger partial charge in [0.2, 0.25) is 0 Å². The molecule has 3 N–H and O–H groups in total. The molecule has 0 aliphatic rings. The molecular weight excluding hydrogens is 251 g/mol. The van der Waals surface area contributed by atoms with E-state index in [4.69, 9.17) is 17.3 Å². The molecular formula is C14H14ClFN2. The van der Waals surface area contributed by atoms with Crippen molar-refractivity contribution in [3.63, 3.8) is 0 Å². The SMILES string of the molecule is Cc1cc(N)c(Cl)c(Nc2cccc(C)c2F)c1. The average molecular weight is 265 g/mol. The third-order valence-corrected chi connectivity index (χ3v) is 3.13. The van der Waals surface area contributed by atoms with E-state index in [1.807, 2.05) is 13.0 Å². The van der Waals surface area contributed by atoms with E-state index in [-0.39, 0.29) is 5.82 Å². The third-order valence-electron chi connectivity index (χ3n) is 2.71. The van der Waals surface area contributed by atoms with Crippen molar-refractivity contribution in [2.45, 2.75) is 13.8 Å². The highest BCUT2D eigenvalue weighted by Gasteiger charge is 2.09. The normalized spacial score (nSPS) is 10.4. The quantitative estimate of drug-likeness (QED) is 0.788. The lowest BCUT2D eigenvalue weighted by Crippen LogP contribution is -1.98. The first kappa shape index (κ1) is 12.7. The Morgan fingerprint density at radius 3 is 2.61 bits per heavy atom. The highest BCUT2D eigenvalue weighted by molar-refractivity contribution is 6.35. The Morgan fingerprint density at radius 1 is 1.17 bits per heavy atom. The summed E-state index contributed by atoms with van der Waals surface area (Å²) in [5.74, 6) is -0.284. The second-order valence-electron chi connectivity index (χ2n) is 4.28. The molecule has 2 aromatic rings. The molecule has 0 saturated carbocycles. The third kappa shape index (κ3) is 2.41. The number of benzene rings is 2. The van der Waals surface area contributed by atoms with Crippen LogP contribution in [0.15, 0.2) is 30.3 Å². The minimum Gasteiger partial charge on any atom is -0.397 e. The molecule has 0 unspecified atom stereocenters. The maximum absolute atomic E-state index is 13.9. The summed E-state index contributed by atoms with van der Waals surface area (Å²) in [6.07, 6.45) is 0. The Labute approximate surface area is 111 Å². The van der Waals surface area contributed by atoms with Gasteiger partial charge in [-0.05, 0) is 43.2 Å². The summed E-state index contributed by atoms with van der Waals surface area (Å²) in [5, 5.41) is 3.38. The molecule has 0 radical (unpaired) electrons. The molecule has 0 bridgehead atoms. The fraction of sp³-hybridized carbons (Fsp3) is 0.143. The lowest BCUT2D eigenvalue weighted by Gasteiger charge is -2.12. The average Bonchev–Trinajstić information content (AvgIpc) is 2.31. The van der Waals surface area contributed by atoms with E-state index in [2.05, 4.69) is 5.32 Å². The Kier molecular flexibility index (Phi) is 3.43. The van der Waals surface area contributed by atoms with Crippen LogP contribution in [0.5, 0.6) is 0 Å². The van der Waals surface area contributed by atoms with Crippen LogP contribution in [-0.2, 0) is 0 Å². The summed E-state index contributed by atoms with van der Waals surface area (Å²) in [4.78, 5) is 0. The first-order chi connectivity index (χ1) is 8.49. The molecule has 2 rings (SSSR count). The number of aryl methyl sites for hydroxylation is 2. The number of anilines is 3. The molecule has 94 valence electrons. The van der Waals surface area contributed by atoms with Gasteiger partial charge in [-0.3, -0.25) is 0 Å². The highest BCUT2D eigenvalue weighted by atomic mass is 35.5. The smallest absolute Gasteiger partial charge is 0.149 e. The van der Waals surface area contributed by atoms with Gasteiger partial charge < -0.3 is 11.1 Å². The monoisotopic (exact) mass is 264 g/mol. The molecule has 0 heterocycles. The molecule has 4 heteroatoms. The zero-order chi connectivity index (χ0) is 13.3. The fourth-order valence-electron chi connectivity index (χ4n) is 1.78. The maximum atomic E-state index is 13.9. The number of nitrogen functional groups attached to an aromatic ring is 1.